The lowest BCUT2D eigenvalue weighted by Gasteiger charge is -2.26. The van der Waals surface area contributed by atoms with Crippen LogP contribution >= 0.6 is 0 Å². The molecule has 2 unspecified atom stereocenters. The van der Waals surface area contributed by atoms with Crippen LogP contribution in [0.2, 0.25) is 0 Å². The lowest BCUT2D eigenvalue weighted by atomic mass is 9.95. The smallest absolute Gasteiger partial charge is 0.107 e. The fourth-order valence-electron chi connectivity index (χ4n) is 2.47. The quantitative estimate of drug-likeness (QED) is 0.877. The van der Waals surface area contributed by atoms with Gasteiger partial charge in [-0.1, -0.05) is 30.3 Å². The number of aliphatic hydroxyl groups is 1. The zero-order valence-electron chi connectivity index (χ0n) is 12.6. The summed E-state index contributed by atoms with van der Waals surface area (Å²) in [5.41, 5.74) is 1.12. The average molecular weight is 273 g/mol. The lowest BCUT2D eigenvalue weighted by Crippen LogP contribution is -2.36. The maximum absolute atomic E-state index is 10.7. The molecular formula is C17H23NO2. The van der Waals surface area contributed by atoms with E-state index in [2.05, 4.69) is 24.4 Å². The molecule has 0 spiro atoms. The molecule has 0 fully saturated rings. The zero-order chi connectivity index (χ0) is 14.8. The van der Waals surface area contributed by atoms with Crippen molar-refractivity contribution in [2.45, 2.75) is 39.3 Å². The van der Waals surface area contributed by atoms with Crippen LogP contribution in [0, 0.1) is 13.8 Å². The van der Waals surface area contributed by atoms with Gasteiger partial charge in [-0.05, 0) is 39.3 Å². The molecule has 1 aromatic heterocycles. The molecular weight excluding hydrogens is 250 g/mol. The minimum Gasteiger partial charge on any atom is -0.466 e. The van der Waals surface area contributed by atoms with Crippen molar-refractivity contribution in [2.75, 3.05) is 6.54 Å². The lowest BCUT2D eigenvalue weighted by molar-refractivity contribution is 0.0529. The molecule has 3 nitrogen and oxygen atoms in total. The Balaban J connectivity index is 2.04. The minimum atomic E-state index is -0.940. The molecule has 1 heterocycles. The third kappa shape index (κ3) is 3.30. The van der Waals surface area contributed by atoms with E-state index < -0.39 is 5.60 Å². The predicted octanol–water partition coefficient (Wildman–Crippen LogP) is 3.45. The molecule has 1 aromatic carbocycles. The number of benzene rings is 1. The summed E-state index contributed by atoms with van der Waals surface area (Å²) in [7, 11) is 0. The molecule has 20 heavy (non-hydrogen) atoms. The second kappa shape index (κ2) is 5.81. The monoisotopic (exact) mass is 273 g/mol. The van der Waals surface area contributed by atoms with Gasteiger partial charge in [0.15, 0.2) is 0 Å². The molecule has 0 aliphatic rings. The van der Waals surface area contributed by atoms with Crippen molar-refractivity contribution in [2.24, 2.45) is 0 Å². The van der Waals surface area contributed by atoms with Crippen molar-refractivity contribution in [1.29, 1.82) is 0 Å². The van der Waals surface area contributed by atoms with Crippen molar-refractivity contribution < 1.29 is 9.52 Å². The van der Waals surface area contributed by atoms with Gasteiger partial charge in [0.1, 0.15) is 17.1 Å². The fourth-order valence-corrected chi connectivity index (χ4v) is 2.47. The first kappa shape index (κ1) is 14.8. The molecule has 0 saturated heterocycles. The van der Waals surface area contributed by atoms with E-state index in [0.717, 1.165) is 17.1 Å². The molecule has 2 aromatic rings. The van der Waals surface area contributed by atoms with Gasteiger partial charge in [0, 0.05) is 18.2 Å². The van der Waals surface area contributed by atoms with Crippen LogP contribution in [0.1, 0.15) is 42.5 Å². The maximum Gasteiger partial charge on any atom is 0.107 e. The van der Waals surface area contributed by atoms with Crippen LogP contribution in [-0.4, -0.2) is 11.7 Å². The van der Waals surface area contributed by atoms with Gasteiger partial charge in [-0.3, -0.25) is 0 Å². The van der Waals surface area contributed by atoms with E-state index in [1.165, 1.54) is 5.56 Å². The number of furan rings is 1. The van der Waals surface area contributed by atoms with E-state index in [1.807, 2.05) is 45.0 Å². The first-order valence-corrected chi connectivity index (χ1v) is 6.98. The Kier molecular flexibility index (Phi) is 4.31. The summed E-state index contributed by atoms with van der Waals surface area (Å²) in [4.78, 5) is 0. The number of hydrogen-bond donors (Lipinski definition) is 2. The highest BCUT2D eigenvalue weighted by molar-refractivity contribution is 5.27. The molecule has 108 valence electrons. The van der Waals surface area contributed by atoms with Gasteiger partial charge in [-0.25, -0.2) is 0 Å². The summed E-state index contributed by atoms with van der Waals surface area (Å²) in [5.74, 6) is 1.61. The van der Waals surface area contributed by atoms with Crippen LogP contribution in [0.15, 0.2) is 40.8 Å². The fraction of sp³-hybridized carbons (Fsp3) is 0.412. The van der Waals surface area contributed by atoms with Gasteiger partial charge in [-0.2, -0.15) is 0 Å². The summed E-state index contributed by atoms with van der Waals surface area (Å²) in [6, 6.07) is 12.3. The largest absolute Gasteiger partial charge is 0.466 e. The molecule has 0 aliphatic carbocycles. The highest BCUT2D eigenvalue weighted by Gasteiger charge is 2.27. The average Bonchev–Trinajstić information content (AvgIpc) is 2.77. The van der Waals surface area contributed by atoms with Gasteiger partial charge in [0.2, 0.25) is 0 Å². The topological polar surface area (TPSA) is 45.4 Å². The molecule has 0 radical (unpaired) electrons. The van der Waals surface area contributed by atoms with Crippen LogP contribution in [0.3, 0.4) is 0 Å². The van der Waals surface area contributed by atoms with Crippen LogP contribution in [-0.2, 0) is 5.60 Å². The van der Waals surface area contributed by atoms with E-state index >= 15 is 0 Å². The second-order valence-electron chi connectivity index (χ2n) is 5.61. The van der Waals surface area contributed by atoms with Gasteiger partial charge in [0.25, 0.3) is 0 Å². The molecule has 2 N–H and O–H groups in total. The van der Waals surface area contributed by atoms with Crippen LogP contribution < -0.4 is 5.32 Å². The van der Waals surface area contributed by atoms with Crippen molar-refractivity contribution >= 4 is 0 Å². The zero-order valence-corrected chi connectivity index (χ0v) is 12.6. The predicted molar refractivity (Wildman–Crippen MR) is 80.6 cm³/mol. The first-order chi connectivity index (χ1) is 9.40. The standard InChI is InChI=1S/C17H23NO2/c1-12-10-16(14(3)20-12)17(4,19)11-18-13(2)15-8-6-5-7-9-15/h5-10,13,18-19H,11H2,1-4H3. The Bertz CT molecular complexity index is 558. The van der Waals surface area contributed by atoms with Crippen LogP contribution in [0.5, 0.6) is 0 Å². The van der Waals surface area contributed by atoms with E-state index in [-0.39, 0.29) is 6.04 Å². The van der Waals surface area contributed by atoms with Gasteiger partial charge in [0.05, 0.1) is 0 Å². The number of hydrogen-bond acceptors (Lipinski definition) is 3. The van der Waals surface area contributed by atoms with E-state index in [4.69, 9.17) is 4.42 Å². The van der Waals surface area contributed by atoms with Crippen LogP contribution in [0.25, 0.3) is 0 Å². The van der Waals surface area contributed by atoms with E-state index in [0.29, 0.717) is 6.54 Å². The van der Waals surface area contributed by atoms with Crippen molar-refractivity contribution in [1.82, 2.24) is 5.32 Å². The maximum atomic E-state index is 10.7. The minimum absolute atomic E-state index is 0.191. The Hall–Kier alpha value is -1.58. The first-order valence-electron chi connectivity index (χ1n) is 6.98. The number of nitrogens with one attached hydrogen (secondary N) is 1. The van der Waals surface area contributed by atoms with Crippen molar-refractivity contribution in [3.05, 3.63) is 59.0 Å². The number of aryl methyl sites for hydroxylation is 2. The highest BCUT2D eigenvalue weighted by Crippen LogP contribution is 2.27. The molecule has 3 heteroatoms. The molecule has 0 bridgehead atoms. The SMILES string of the molecule is Cc1cc(C(C)(O)CNC(C)c2ccccc2)c(C)o1. The summed E-state index contributed by atoms with van der Waals surface area (Å²) >= 11 is 0. The van der Waals surface area contributed by atoms with Gasteiger partial charge >= 0.3 is 0 Å². The third-order valence-electron chi connectivity index (χ3n) is 3.67. The summed E-state index contributed by atoms with van der Waals surface area (Å²) in [5, 5.41) is 14.0. The summed E-state index contributed by atoms with van der Waals surface area (Å²) in [6.07, 6.45) is 0. The molecule has 2 rings (SSSR count). The molecule has 2 atom stereocenters. The van der Waals surface area contributed by atoms with Crippen LogP contribution in [0.4, 0.5) is 0 Å². The highest BCUT2D eigenvalue weighted by atomic mass is 16.3. The Morgan fingerprint density at radius 2 is 1.90 bits per heavy atom. The van der Waals surface area contributed by atoms with Gasteiger partial charge < -0.3 is 14.8 Å². The Morgan fingerprint density at radius 3 is 2.45 bits per heavy atom. The second-order valence-corrected chi connectivity index (χ2v) is 5.61. The van der Waals surface area contributed by atoms with E-state index in [1.54, 1.807) is 0 Å². The van der Waals surface area contributed by atoms with Gasteiger partial charge in [-0.15, -0.1) is 0 Å². The Labute approximate surface area is 120 Å². The summed E-state index contributed by atoms with van der Waals surface area (Å²) in [6.45, 7) is 8.17. The Morgan fingerprint density at radius 1 is 1.25 bits per heavy atom. The van der Waals surface area contributed by atoms with E-state index in [9.17, 15) is 5.11 Å². The summed E-state index contributed by atoms with van der Waals surface area (Å²) < 4.78 is 5.50. The normalized spacial score (nSPS) is 15.8. The molecule has 0 saturated carbocycles. The van der Waals surface area contributed by atoms with Crippen molar-refractivity contribution in [3.63, 3.8) is 0 Å². The molecule has 0 aliphatic heterocycles. The van der Waals surface area contributed by atoms with Crippen molar-refractivity contribution in [3.8, 4) is 0 Å². The molecule has 0 amide bonds. The number of rotatable bonds is 5. The third-order valence-corrected chi connectivity index (χ3v) is 3.67.